The molecule has 0 aliphatic rings. The summed E-state index contributed by atoms with van der Waals surface area (Å²) >= 11 is 0. The van der Waals surface area contributed by atoms with Crippen LogP contribution in [0.3, 0.4) is 0 Å². The summed E-state index contributed by atoms with van der Waals surface area (Å²) in [4.78, 5) is 12.8. The monoisotopic (exact) mass is 428 g/mol. The van der Waals surface area contributed by atoms with Gasteiger partial charge < -0.3 is 5.32 Å². The third-order valence-corrected chi connectivity index (χ3v) is 6.07. The van der Waals surface area contributed by atoms with Gasteiger partial charge >= 0.3 is 0 Å². The van der Waals surface area contributed by atoms with Gasteiger partial charge in [0.2, 0.25) is 0 Å². The second-order valence-electron chi connectivity index (χ2n) is 6.86. The zero-order valence-electron chi connectivity index (χ0n) is 16.5. The first-order valence-electron chi connectivity index (χ1n) is 9.67. The first kappa shape index (κ1) is 20.4. The van der Waals surface area contributed by atoms with Crippen molar-refractivity contribution < 1.29 is 13.2 Å². The molecule has 0 fully saturated rings. The molecule has 4 aromatic rings. The van der Waals surface area contributed by atoms with E-state index in [4.69, 9.17) is 0 Å². The third-order valence-electron chi connectivity index (χ3n) is 4.69. The first-order valence-corrected chi connectivity index (χ1v) is 11.1. The molecule has 0 aliphatic heterocycles. The highest BCUT2D eigenvalue weighted by molar-refractivity contribution is 7.92. The summed E-state index contributed by atoms with van der Waals surface area (Å²) in [5.74, 6) is -0.0526. The average Bonchev–Trinajstić information content (AvgIpc) is 2.81. The molecule has 0 bridgehead atoms. The molecule has 0 amide bonds. The summed E-state index contributed by atoms with van der Waals surface area (Å²) in [6.07, 6.45) is 0. The Labute approximate surface area is 181 Å². The molecule has 0 heterocycles. The SMILES string of the molecule is O=C(c1ccccc1)c1ccc(Nc2ccccc2NS(=O)(=O)c2ccccc2)cc1. The number of hydrogen-bond acceptors (Lipinski definition) is 4. The molecular formula is C25H20N2O3S. The van der Waals surface area contributed by atoms with Gasteiger partial charge in [-0.15, -0.1) is 0 Å². The molecule has 4 aromatic carbocycles. The van der Waals surface area contributed by atoms with Crippen LogP contribution in [-0.2, 0) is 10.0 Å². The summed E-state index contributed by atoms with van der Waals surface area (Å²) in [5, 5.41) is 3.21. The summed E-state index contributed by atoms with van der Waals surface area (Å²) in [6.45, 7) is 0. The van der Waals surface area contributed by atoms with E-state index < -0.39 is 10.0 Å². The lowest BCUT2D eigenvalue weighted by Crippen LogP contribution is -2.13. The fourth-order valence-electron chi connectivity index (χ4n) is 3.10. The number of carbonyl (C=O) groups is 1. The molecule has 31 heavy (non-hydrogen) atoms. The summed E-state index contributed by atoms with van der Waals surface area (Å²) in [5.41, 5.74) is 2.97. The Morgan fingerprint density at radius 2 is 1.10 bits per heavy atom. The number of anilines is 3. The number of carbonyl (C=O) groups excluding carboxylic acids is 1. The molecule has 0 spiro atoms. The minimum atomic E-state index is -3.71. The number of sulfonamides is 1. The predicted molar refractivity (Wildman–Crippen MR) is 123 cm³/mol. The van der Waals surface area contributed by atoms with E-state index in [1.165, 1.54) is 0 Å². The maximum atomic E-state index is 12.7. The van der Waals surface area contributed by atoms with Gasteiger partial charge in [-0.25, -0.2) is 8.42 Å². The highest BCUT2D eigenvalue weighted by Gasteiger charge is 2.15. The number of ketones is 1. The Kier molecular flexibility index (Phi) is 5.82. The molecule has 0 radical (unpaired) electrons. The summed E-state index contributed by atoms with van der Waals surface area (Å²) in [7, 11) is -3.71. The summed E-state index contributed by atoms with van der Waals surface area (Å²) < 4.78 is 28.0. The van der Waals surface area contributed by atoms with Crippen LogP contribution in [0.1, 0.15) is 15.9 Å². The largest absolute Gasteiger partial charge is 0.354 e. The normalized spacial score (nSPS) is 11.0. The van der Waals surface area contributed by atoms with Gasteiger partial charge in [-0.3, -0.25) is 9.52 Å². The Morgan fingerprint density at radius 3 is 1.74 bits per heavy atom. The minimum Gasteiger partial charge on any atom is -0.354 e. The fourth-order valence-corrected chi connectivity index (χ4v) is 4.20. The lowest BCUT2D eigenvalue weighted by Gasteiger charge is -2.14. The van der Waals surface area contributed by atoms with Crippen molar-refractivity contribution in [2.75, 3.05) is 10.0 Å². The van der Waals surface area contributed by atoms with Crippen LogP contribution in [0.5, 0.6) is 0 Å². The third kappa shape index (κ3) is 4.82. The van der Waals surface area contributed by atoms with Gasteiger partial charge in [-0.2, -0.15) is 0 Å². The number of rotatable bonds is 7. The topological polar surface area (TPSA) is 75.3 Å². The van der Waals surface area contributed by atoms with E-state index in [0.717, 1.165) is 5.69 Å². The quantitative estimate of drug-likeness (QED) is 0.383. The lowest BCUT2D eigenvalue weighted by molar-refractivity contribution is 0.103. The van der Waals surface area contributed by atoms with Crippen LogP contribution in [0.15, 0.2) is 114 Å². The van der Waals surface area contributed by atoms with E-state index in [-0.39, 0.29) is 10.7 Å². The van der Waals surface area contributed by atoms with Gasteiger partial charge in [0, 0.05) is 16.8 Å². The van der Waals surface area contributed by atoms with Crippen molar-refractivity contribution in [1.82, 2.24) is 0 Å². The maximum absolute atomic E-state index is 12.7. The molecule has 0 aromatic heterocycles. The van der Waals surface area contributed by atoms with Crippen LogP contribution in [0.25, 0.3) is 0 Å². The van der Waals surface area contributed by atoms with Gasteiger partial charge in [-0.1, -0.05) is 60.7 Å². The van der Waals surface area contributed by atoms with E-state index in [0.29, 0.717) is 22.5 Å². The van der Waals surface area contributed by atoms with Crippen molar-refractivity contribution >= 4 is 32.9 Å². The summed E-state index contributed by atoms with van der Waals surface area (Å²) in [6, 6.07) is 31.4. The Hall–Kier alpha value is -3.90. The van der Waals surface area contributed by atoms with Crippen LogP contribution >= 0.6 is 0 Å². The number of nitrogens with one attached hydrogen (secondary N) is 2. The van der Waals surface area contributed by atoms with Crippen LogP contribution in [0, 0.1) is 0 Å². The Bertz CT molecular complexity index is 1290. The van der Waals surface area contributed by atoms with E-state index in [2.05, 4.69) is 10.0 Å². The van der Waals surface area contributed by atoms with E-state index >= 15 is 0 Å². The van der Waals surface area contributed by atoms with Crippen molar-refractivity contribution in [3.8, 4) is 0 Å². The van der Waals surface area contributed by atoms with Crippen molar-refractivity contribution in [2.24, 2.45) is 0 Å². The van der Waals surface area contributed by atoms with Crippen LogP contribution in [-0.4, -0.2) is 14.2 Å². The molecule has 154 valence electrons. The van der Waals surface area contributed by atoms with Gasteiger partial charge in [0.15, 0.2) is 5.78 Å². The van der Waals surface area contributed by atoms with Crippen LogP contribution in [0.4, 0.5) is 17.1 Å². The van der Waals surface area contributed by atoms with Crippen molar-refractivity contribution in [3.63, 3.8) is 0 Å². The Balaban J connectivity index is 1.54. The molecule has 0 unspecified atom stereocenters. The zero-order chi connectivity index (χ0) is 21.7. The molecule has 0 saturated carbocycles. The minimum absolute atomic E-state index is 0.0526. The van der Waals surface area contributed by atoms with E-state index in [1.807, 2.05) is 24.3 Å². The van der Waals surface area contributed by atoms with Gasteiger partial charge in [0.25, 0.3) is 10.0 Å². The van der Waals surface area contributed by atoms with Crippen molar-refractivity contribution in [3.05, 3.63) is 120 Å². The van der Waals surface area contributed by atoms with E-state index in [9.17, 15) is 13.2 Å². The molecule has 2 N–H and O–H groups in total. The van der Waals surface area contributed by atoms with Crippen LogP contribution < -0.4 is 10.0 Å². The molecular weight excluding hydrogens is 408 g/mol. The fraction of sp³-hybridized carbons (Fsp3) is 0. The second-order valence-corrected chi connectivity index (χ2v) is 8.54. The number of para-hydroxylation sites is 2. The number of hydrogen-bond donors (Lipinski definition) is 2. The highest BCUT2D eigenvalue weighted by atomic mass is 32.2. The predicted octanol–water partition coefficient (Wildman–Crippen LogP) is 5.46. The van der Waals surface area contributed by atoms with Crippen LogP contribution in [0.2, 0.25) is 0 Å². The maximum Gasteiger partial charge on any atom is 0.261 e. The molecule has 4 rings (SSSR count). The lowest BCUT2D eigenvalue weighted by atomic mass is 10.0. The van der Waals surface area contributed by atoms with Gasteiger partial charge in [-0.05, 0) is 48.5 Å². The molecule has 6 heteroatoms. The van der Waals surface area contributed by atoms with Crippen molar-refractivity contribution in [1.29, 1.82) is 0 Å². The van der Waals surface area contributed by atoms with E-state index in [1.54, 1.807) is 84.9 Å². The van der Waals surface area contributed by atoms with Gasteiger partial charge in [0.05, 0.1) is 16.3 Å². The van der Waals surface area contributed by atoms with Gasteiger partial charge in [0.1, 0.15) is 0 Å². The first-order chi connectivity index (χ1) is 15.0. The molecule has 0 atom stereocenters. The smallest absolute Gasteiger partial charge is 0.261 e. The second kappa shape index (κ2) is 8.85. The Morgan fingerprint density at radius 1 is 0.581 bits per heavy atom. The molecule has 0 aliphatic carbocycles. The molecule has 0 saturated heterocycles. The standard InChI is InChI=1S/C25H20N2O3S/c28-25(19-9-3-1-4-10-19)20-15-17-21(18-16-20)26-23-13-7-8-14-24(23)27-31(29,30)22-11-5-2-6-12-22/h1-18,26-27H. The zero-order valence-corrected chi connectivity index (χ0v) is 17.3. The van der Waals surface area contributed by atoms with Crippen molar-refractivity contribution in [2.45, 2.75) is 4.90 Å². The number of benzene rings is 4. The highest BCUT2D eigenvalue weighted by Crippen LogP contribution is 2.28. The average molecular weight is 429 g/mol. The molecule has 5 nitrogen and oxygen atoms in total.